The van der Waals surface area contributed by atoms with Gasteiger partial charge in [-0.1, -0.05) is 6.07 Å². The van der Waals surface area contributed by atoms with Crippen LogP contribution in [0.1, 0.15) is 83.1 Å². The molecule has 13 heteroatoms. The predicted molar refractivity (Wildman–Crippen MR) is 175 cm³/mol. The predicted octanol–water partition coefficient (Wildman–Crippen LogP) is 3.58. The van der Waals surface area contributed by atoms with Crippen molar-refractivity contribution in [3.8, 4) is 0 Å². The number of aromatic amines is 1. The maximum Gasteiger partial charge on any atom is 0.329 e. The van der Waals surface area contributed by atoms with Crippen LogP contribution in [0.2, 0.25) is 0 Å². The van der Waals surface area contributed by atoms with E-state index in [9.17, 15) is 24.0 Å². The van der Waals surface area contributed by atoms with E-state index in [1.165, 1.54) is 0 Å². The first-order valence-corrected chi connectivity index (χ1v) is 15.1. The Labute approximate surface area is 268 Å². The number of carbonyl (C=O) groups is 4. The lowest BCUT2D eigenvalue weighted by Gasteiger charge is -2.24. The third-order valence-electron chi connectivity index (χ3n) is 6.39. The fourth-order valence-corrected chi connectivity index (χ4v) is 4.34. The van der Waals surface area contributed by atoms with Crippen molar-refractivity contribution in [1.82, 2.24) is 20.6 Å². The minimum absolute atomic E-state index is 0.0227. The number of carbonyl (C=O) groups excluding carboxylic acids is 4. The van der Waals surface area contributed by atoms with Gasteiger partial charge in [-0.3, -0.25) is 24.2 Å². The van der Waals surface area contributed by atoms with Crippen molar-refractivity contribution in [2.45, 2.75) is 91.0 Å². The topological polar surface area (TPSA) is 195 Å². The van der Waals surface area contributed by atoms with Gasteiger partial charge < -0.3 is 31.2 Å². The first-order valence-electron chi connectivity index (χ1n) is 15.1. The van der Waals surface area contributed by atoms with Crippen LogP contribution in [0.4, 0.5) is 11.6 Å². The molecule has 6 N–H and O–H groups in total. The number of hydrogen-bond acceptors (Lipinski definition) is 10. The first kappa shape index (κ1) is 35.5. The molecule has 2 amide bonds. The normalized spacial score (nSPS) is 12.2. The summed E-state index contributed by atoms with van der Waals surface area (Å²) in [6.07, 6.45) is 0.561. The molecular formula is C33H44N6O7. The Balaban J connectivity index is 1.55. The van der Waals surface area contributed by atoms with Gasteiger partial charge >= 0.3 is 11.9 Å². The molecule has 2 aromatic carbocycles. The van der Waals surface area contributed by atoms with E-state index in [4.69, 9.17) is 15.2 Å². The van der Waals surface area contributed by atoms with Gasteiger partial charge in [0.05, 0.1) is 10.9 Å². The second kappa shape index (κ2) is 15.4. The molecule has 0 saturated heterocycles. The Hall–Kier alpha value is -4.94. The van der Waals surface area contributed by atoms with Crippen LogP contribution in [-0.2, 0) is 30.4 Å². The van der Waals surface area contributed by atoms with Crippen LogP contribution in [0.5, 0.6) is 0 Å². The largest absolute Gasteiger partial charge is 0.460 e. The Bertz CT molecular complexity index is 1600. The SMILES string of the molecule is CC(C)(C)OC(=O)CCCNC(=O)CC[C@H](NC(=O)c1ccc(NCc2ccc3nc(N)[nH]c(=O)c3c2)cc1)C(=O)OC(C)(C)C. The summed E-state index contributed by atoms with van der Waals surface area (Å²) in [4.78, 5) is 69.1. The zero-order valence-electron chi connectivity index (χ0n) is 27.2. The van der Waals surface area contributed by atoms with E-state index in [0.29, 0.717) is 29.4 Å². The highest BCUT2D eigenvalue weighted by atomic mass is 16.6. The number of esters is 2. The van der Waals surface area contributed by atoms with E-state index in [2.05, 4.69) is 25.9 Å². The highest BCUT2D eigenvalue weighted by Gasteiger charge is 2.27. The van der Waals surface area contributed by atoms with Crippen molar-refractivity contribution >= 4 is 46.3 Å². The number of anilines is 2. The molecule has 0 spiro atoms. The molecule has 0 radical (unpaired) electrons. The number of rotatable bonds is 13. The van der Waals surface area contributed by atoms with Gasteiger partial charge in [0.1, 0.15) is 17.2 Å². The maximum atomic E-state index is 13.1. The van der Waals surface area contributed by atoms with Crippen LogP contribution in [0, 0.1) is 0 Å². The lowest BCUT2D eigenvalue weighted by molar-refractivity contribution is -0.157. The first-order chi connectivity index (χ1) is 21.5. The number of fused-ring (bicyclic) bond motifs is 1. The van der Waals surface area contributed by atoms with Gasteiger partial charge in [-0.15, -0.1) is 0 Å². The summed E-state index contributed by atoms with van der Waals surface area (Å²) in [5.41, 5.74) is 6.31. The molecular weight excluding hydrogens is 592 g/mol. The number of amides is 2. The molecule has 1 atom stereocenters. The van der Waals surface area contributed by atoms with E-state index in [-0.39, 0.29) is 49.2 Å². The Morgan fingerprint density at radius 1 is 0.935 bits per heavy atom. The average Bonchev–Trinajstić information content (AvgIpc) is 2.94. The molecule has 0 bridgehead atoms. The molecule has 0 aliphatic rings. The van der Waals surface area contributed by atoms with Gasteiger partial charge in [0, 0.05) is 37.2 Å². The van der Waals surface area contributed by atoms with E-state index in [0.717, 1.165) is 11.3 Å². The number of ether oxygens (including phenoxy) is 2. The van der Waals surface area contributed by atoms with Crippen molar-refractivity contribution in [2.24, 2.45) is 0 Å². The minimum atomic E-state index is -1.06. The van der Waals surface area contributed by atoms with E-state index in [1.54, 1.807) is 77.9 Å². The smallest absolute Gasteiger partial charge is 0.329 e. The summed E-state index contributed by atoms with van der Waals surface area (Å²) in [5, 5.41) is 9.09. The van der Waals surface area contributed by atoms with E-state index in [1.807, 2.05) is 6.07 Å². The highest BCUT2D eigenvalue weighted by molar-refractivity contribution is 5.97. The molecule has 0 fully saturated rings. The third kappa shape index (κ3) is 11.9. The Morgan fingerprint density at radius 3 is 2.26 bits per heavy atom. The molecule has 1 aromatic heterocycles. The summed E-state index contributed by atoms with van der Waals surface area (Å²) in [6, 6.07) is 10.9. The molecule has 0 saturated carbocycles. The number of nitrogens with zero attached hydrogens (tertiary/aromatic N) is 1. The van der Waals surface area contributed by atoms with Gasteiger partial charge in [0.25, 0.3) is 11.5 Å². The molecule has 0 aliphatic heterocycles. The minimum Gasteiger partial charge on any atom is -0.460 e. The zero-order chi connectivity index (χ0) is 34.1. The van der Waals surface area contributed by atoms with Crippen LogP contribution in [0.3, 0.4) is 0 Å². The molecule has 13 nitrogen and oxygen atoms in total. The summed E-state index contributed by atoms with van der Waals surface area (Å²) in [7, 11) is 0. The van der Waals surface area contributed by atoms with Crippen LogP contribution in [0.15, 0.2) is 47.3 Å². The number of nitrogens with two attached hydrogens (primary N) is 1. The molecule has 0 aliphatic carbocycles. The summed E-state index contributed by atoms with van der Waals surface area (Å²) < 4.78 is 10.7. The van der Waals surface area contributed by atoms with Gasteiger partial charge in [-0.2, -0.15) is 0 Å². The molecule has 0 unspecified atom stereocenters. The van der Waals surface area contributed by atoms with Gasteiger partial charge in [-0.25, -0.2) is 9.78 Å². The molecule has 3 rings (SSSR count). The number of aromatic nitrogens is 2. The van der Waals surface area contributed by atoms with Crippen molar-refractivity contribution in [2.75, 3.05) is 17.6 Å². The average molecular weight is 637 g/mol. The maximum absolute atomic E-state index is 13.1. The van der Waals surface area contributed by atoms with Crippen molar-refractivity contribution in [3.63, 3.8) is 0 Å². The molecule has 248 valence electrons. The third-order valence-corrected chi connectivity index (χ3v) is 6.39. The standard InChI is InChI=1S/C33H44N6O7/c1-32(2,3)45-27(41)8-7-17-35-26(40)16-15-25(30(44)46-33(4,5)6)37-28(42)21-10-12-22(13-11-21)36-19-20-9-14-24-23(18-20)29(43)39-31(34)38-24/h9-14,18,25,36H,7-8,15-17,19H2,1-6H3,(H,35,40)(H,37,42)(H3,34,38,39,43)/t25-/m0/s1. The lowest BCUT2D eigenvalue weighted by atomic mass is 10.1. The quantitative estimate of drug-likeness (QED) is 0.137. The summed E-state index contributed by atoms with van der Waals surface area (Å²) in [6.45, 7) is 11.2. The molecule has 3 aromatic rings. The second-order valence-electron chi connectivity index (χ2n) is 12.9. The van der Waals surface area contributed by atoms with Gasteiger partial charge in [0.15, 0.2) is 0 Å². The Morgan fingerprint density at radius 2 is 1.61 bits per heavy atom. The van der Waals surface area contributed by atoms with Crippen LogP contribution < -0.4 is 27.2 Å². The number of H-pyrrole nitrogens is 1. The second-order valence-corrected chi connectivity index (χ2v) is 12.9. The van der Waals surface area contributed by atoms with Gasteiger partial charge in [0.2, 0.25) is 11.9 Å². The van der Waals surface area contributed by atoms with E-state index < -0.39 is 29.1 Å². The number of nitrogens with one attached hydrogen (secondary N) is 4. The number of benzene rings is 2. The van der Waals surface area contributed by atoms with Crippen molar-refractivity contribution < 1.29 is 28.7 Å². The number of hydrogen-bond donors (Lipinski definition) is 5. The highest BCUT2D eigenvalue weighted by Crippen LogP contribution is 2.16. The van der Waals surface area contributed by atoms with Gasteiger partial charge in [-0.05, 0) is 96.3 Å². The number of nitrogen functional groups attached to an aromatic ring is 1. The summed E-state index contributed by atoms with van der Waals surface area (Å²) >= 11 is 0. The zero-order valence-corrected chi connectivity index (χ0v) is 27.2. The fourth-order valence-electron chi connectivity index (χ4n) is 4.34. The molecule has 1 heterocycles. The van der Waals surface area contributed by atoms with Crippen molar-refractivity contribution in [1.29, 1.82) is 0 Å². The van der Waals surface area contributed by atoms with Crippen molar-refractivity contribution in [3.05, 3.63) is 63.9 Å². The fraction of sp³-hybridized carbons (Fsp3) is 0.455. The van der Waals surface area contributed by atoms with Crippen LogP contribution in [-0.4, -0.2) is 57.5 Å². The van der Waals surface area contributed by atoms with Crippen LogP contribution >= 0.6 is 0 Å². The van der Waals surface area contributed by atoms with Crippen LogP contribution in [0.25, 0.3) is 10.9 Å². The summed E-state index contributed by atoms with van der Waals surface area (Å²) in [5.74, 6) is -1.76. The monoisotopic (exact) mass is 636 g/mol. The van der Waals surface area contributed by atoms with E-state index >= 15 is 0 Å². The molecule has 46 heavy (non-hydrogen) atoms. The Kier molecular flexibility index (Phi) is 11.9. The lowest BCUT2D eigenvalue weighted by Crippen LogP contribution is -2.44.